The maximum absolute atomic E-state index is 11.3. The van der Waals surface area contributed by atoms with E-state index in [9.17, 15) is 9.59 Å². The van der Waals surface area contributed by atoms with E-state index in [1.807, 2.05) is 25.1 Å². The molecule has 4 heteroatoms. The van der Waals surface area contributed by atoms with Gasteiger partial charge in [-0.15, -0.1) is 0 Å². The molecule has 0 fully saturated rings. The minimum Gasteiger partial charge on any atom is -0.466 e. The highest BCUT2D eigenvalue weighted by atomic mass is 79.9. The Labute approximate surface area is 122 Å². The van der Waals surface area contributed by atoms with Crippen LogP contribution in [0.2, 0.25) is 0 Å². The van der Waals surface area contributed by atoms with Gasteiger partial charge in [-0.05, 0) is 43.9 Å². The number of rotatable bonds is 7. The number of carbonyl (C=O) groups excluding carboxylic acids is 2. The number of aryl methyl sites for hydroxylation is 1. The van der Waals surface area contributed by atoms with E-state index in [0.29, 0.717) is 25.9 Å². The minimum absolute atomic E-state index is 0.150. The Bertz CT molecular complexity index is 443. The molecule has 0 spiro atoms. The van der Waals surface area contributed by atoms with Gasteiger partial charge in [0.2, 0.25) is 0 Å². The SMILES string of the molecule is CCOC(=O)CCC(C=O)Cc1ccc(C)cc1Br. The summed E-state index contributed by atoms with van der Waals surface area (Å²) in [7, 11) is 0. The second-order valence-electron chi connectivity index (χ2n) is 4.54. The van der Waals surface area contributed by atoms with Crippen molar-refractivity contribution in [1.82, 2.24) is 0 Å². The fourth-order valence-electron chi connectivity index (χ4n) is 1.85. The Morgan fingerprint density at radius 3 is 2.79 bits per heavy atom. The molecular formula is C15H19BrO3. The molecule has 1 rings (SSSR count). The Morgan fingerprint density at radius 2 is 2.21 bits per heavy atom. The summed E-state index contributed by atoms with van der Waals surface area (Å²) in [5, 5.41) is 0. The number of ether oxygens (including phenoxy) is 1. The van der Waals surface area contributed by atoms with E-state index in [0.717, 1.165) is 16.3 Å². The second kappa shape index (κ2) is 8.10. The van der Waals surface area contributed by atoms with Gasteiger partial charge in [0, 0.05) is 16.8 Å². The predicted molar refractivity (Wildman–Crippen MR) is 78.0 cm³/mol. The smallest absolute Gasteiger partial charge is 0.305 e. The lowest BCUT2D eigenvalue weighted by Crippen LogP contribution is -2.11. The maximum atomic E-state index is 11.3. The molecule has 3 nitrogen and oxygen atoms in total. The molecule has 0 bridgehead atoms. The maximum Gasteiger partial charge on any atom is 0.305 e. The van der Waals surface area contributed by atoms with Gasteiger partial charge in [-0.1, -0.05) is 28.1 Å². The summed E-state index contributed by atoms with van der Waals surface area (Å²) in [6.45, 7) is 4.18. The molecule has 0 heterocycles. The lowest BCUT2D eigenvalue weighted by molar-refractivity contribution is -0.143. The number of esters is 1. The molecule has 0 aliphatic rings. The van der Waals surface area contributed by atoms with E-state index in [1.54, 1.807) is 6.92 Å². The zero-order valence-corrected chi connectivity index (χ0v) is 12.9. The summed E-state index contributed by atoms with van der Waals surface area (Å²) in [6.07, 6.45) is 2.39. The van der Waals surface area contributed by atoms with Crippen molar-refractivity contribution in [3.05, 3.63) is 33.8 Å². The average Bonchev–Trinajstić information content (AvgIpc) is 2.37. The van der Waals surface area contributed by atoms with Gasteiger partial charge < -0.3 is 9.53 Å². The first kappa shape index (κ1) is 15.9. The van der Waals surface area contributed by atoms with Crippen LogP contribution >= 0.6 is 15.9 Å². The number of aldehydes is 1. The van der Waals surface area contributed by atoms with Crippen molar-refractivity contribution in [2.24, 2.45) is 5.92 Å². The van der Waals surface area contributed by atoms with Crippen molar-refractivity contribution in [2.75, 3.05) is 6.61 Å². The number of hydrogen-bond acceptors (Lipinski definition) is 3. The molecule has 1 unspecified atom stereocenters. The van der Waals surface area contributed by atoms with Gasteiger partial charge in [-0.2, -0.15) is 0 Å². The monoisotopic (exact) mass is 326 g/mol. The van der Waals surface area contributed by atoms with Gasteiger partial charge in [0.25, 0.3) is 0 Å². The van der Waals surface area contributed by atoms with E-state index in [4.69, 9.17) is 4.74 Å². The number of benzene rings is 1. The van der Waals surface area contributed by atoms with Crippen LogP contribution in [0.3, 0.4) is 0 Å². The average molecular weight is 327 g/mol. The molecule has 104 valence electrons. The molecule has 1 aromatic rings. The van der Waals surface area contributed by atoms with Crippen LogP contribution in [0.4, 0.5) is 0 Å². The van der Waals surface area contributed by atoms with E-state index in [-0.39, 0.29) is 11.9 Å². The first-order valence-electron chi connectivity index (χ1n) is 6.42. The molecule has 0 aliphatic heterocycles. The van der Waals surface area contributed by atoms with Gasteiger partial charge in [-0.25, -0.2) is 0 Å². The van der Waals surface area contributed by atoms with Crippen LogP contribution in [0, 0.1) is 12.8 Å². The summed E-state index contributed by atoms with van der Waals surface area (Å²) in [6, 6.07) is 6.07. The van der Waals surface area contributed by atoms with Crippen LogP contribution in [0.1, 0.15) is 30.9 Å². The molecule has 0 saturated carbocycles. The van der Waals surface area contributed by atoms with Gasteiger partial charge in [0.15, 0.2) is 0 Å². The van der Waals surface area contributed by atoms with Crippen molar-refractivity contribution >= 4 is 28.2 Å². The first-order chi connectivity index (χ1) is 9.06. The Kier molecular flexibility index (Phi) is 6.78. The van der Waals surface area contributed by atoms with Crippen molar-refractivity contribution in [2.45, 2.75) is 33.1 Å². The Hall–Kier alpha value is -1.16. The van der Waals surface area contributed by atoms with Crippen LogP contribution in [-0.2, 0) is 20.7 Å². The van der Waals surface area contributed by atoms with E-state index < -0.39 is 0 Å². The highest BCUT2D eigenvalue weighted by molar-refractivity contribution is 9.10. The van der Waals surface area contributed by atoms with Gasteiger partial charge in [-0.3, -0.25) is 4.79 Å². The van der Waals surface area contributed by atoms with E-state index in [1.165, 1.54) is 5.56 Å². The molecular weight excluding hydrogens is 308 g/mol. The third kappa shape index (κ3) is 5.55. The van der Waals surface area contributed by atoms with Crippen LogP contribution in [-0.4, -0.2) is 18.9 Å². The van der Waals surface area contributed by atoms with Crippen molar-refractivity contribution < 1.29 is 14.3 Å². The fourth-order valence-corrected chi connectivity index (χ4v) is 2.51. The van der Waals surface area contributed by atoms with Crippen molar-refractivity contribution in [1.29, 1.82) is 0 Å². The van der Waals surface area contributed by atoms with E-state index in [2.05, 4.69) is 15.9 Å². The minimum atomic E-state index is -0.239. The molecule has 0 amide bonds. The lowest BCUT2D eigenvalue weighted by atomic mass is 9.95. The molecule has 0 radical (unpaired) electrons. The van der Waals surface area contributed by atoms with Crippen LogP contribution in [0.15, 0.2) is 22.7 Å². The molecule has 1 aromatic carbocycles. The third-order valence-corrected chi connectivity index (χ3v) is 3.65. The standard InChI is InChI=1S/C15H19BrO3/c1-3-19-15(18)7-5-12(10-17)9-13-6-4-11(2)8-14(13)16/h4,6,8,10,12H,3,5,7,9H2,1-2H3. The third-order valence-electron chi connectivity index (χ3n) is 2.91. The van der Waals surface area contributed by atoms with Crippen molar-refractivity contribution in [3.8, 4) is 0 Å². The summed E-state index contributed by atoms with van der Waals surface area (Å²) in [4.78, 5) is 22.4. The molecule has 19 heavy (non-hydrogen) atoms. The molecule has 1 atom stereocenters. The summed E-state index contributed by atoms with van der Waals surface area (Å²) in [5.74, 6) is -0.388. The number of hydrogen-bond donors (Lipinski definition) is 0. The number of carbonyl (C=O) groups is 2. The topological polar surface area (TPSA) is 43.4 Å². The summed E-state index contributed by atoms with van der Waals surface area (Å²) < 4.78 is 5.87. The normalized spacial score (nSPS) is 11.9. The second-order valence-corrected chi connectivity index (χ2v) is 5.39. The van der Waals surface area contributed by atoms with Gasteiger partial charge >= 0.3 is 5.97 Å². The van der Waals surface area contributed by atoms with E-state index >= 15 is 0 Å². The highest BCUT2D eigenvalue weighted by Gasteiger charge is 2.13. The first-order valence-corrected chi connectivity index (χ1v) is 7.22. The van der Waals surface area contributed by atoms with Crippen LogP contribution < -0.4 is 0 Å². The molecule has 0 saturated heterocycles. The zero-order valence-electron chi connectivity index (χ0n) is 11.3. The quantitative estimate of drug-likeness (QED) is 0.569. The highest BCUT2D eigenvalue weighted by Crippen LogP contribution is 2.22. The molecule has 0 aliphatic carbocycles. The number of halogens is 1. The summed E-state index contributed by atoms with van der Waals surface area (Å²) >= 11 is 3.50. The lowest BCUT2D eigenvalue weighted by Gasteiger charge is -2.11. The summed E-state index contributed by atoms with van der Waals surface area (Å²) in [5.41, 5.74) is 2.26. The molecule has 0 N–H and O–H groups in total. The largest absolute Gasteiger partial charge is 0.466 e. The fraction of sp³-hybridized carbons (Fsp3) is 0.467. The Balaban J connectivity index is 2.56. The van der Waals surface area contributed by atoms with Crippen LogP contribution in [0.5, 0.6) is 0 Å². The van der Waals surface area contributed by atoms with Crippen molar-refractivity contribution in [3.63, 3.8) is 0 Å². The van der Waals surface area contributed by atoms with Gasteiger partial charge in [0.05, 0.1) is 6.61 Å². The zero-order chi connectivity index (χ0) is 14.3. The Morgan fingerprint density at radius 1 is 1.47 bits per heavy atom. The molecule has 0 aromatic heterocycles. The van der Waals surface area contributed by atoms with Gasteiger partial charge in [0.1, 0.15) is 6.29 Å². The predicted octanol–water partition coefficient (Wildman–Crippen LogP) is 3.46. The van der Waals surface area contributed by atoms with Crippen LogP contribution in [0.25, 0.3) is 0 Å².